The van der Waals surface area contributed by atoms with Gasteiger partial charge in [-0.3, -0.25) is 4.98 Å². The molecule has 0 amide bonds. The van der Waals surface area contributed by atoms with Crippen LogP contribution in [0.15, 0.2) is 12.4 Å². The maximum atomic E-state index is 13.2. The lowest BCUT2D eigenvalue weighted by Crippen LogP contribution is -2.35. The molecule has 0 saturated carbocycles. The number of hydrogen-bond acceptors (Lipinski definition) is 3. The van der Waals surface area contributed by atoms with E-state index < -0.39 is 17.7 Å². The van der Waals surface area contributed by atoms with E-state index in [2.05, 4.69) is 10.3 Å². The Bertz CT molecular complexity index is 306. The van der Waals surface area contributed by atoms with Crippen LogP contribution in [0.25, 0.3) is 0 Å². The van der Waals surface area contributed by atoms with Crippen molar-refractivity contribution in [1.29, 1.82) is 0 Å². The van der Waals surface area contributed by atoms with Gasteiger partial charge in [-0.25, -0.2) is 8.78 Å². The minimum atomic E-state index is -0.631. The van der Waals surface area contributed by atoms with Crippen LogP contribution in [-0.4, -0.2) is 24.7 Å². The summed E-state index contributed by atoms with van der Waals surface area (Å²) in [7, 11) is 0. The average molecular weight is 200 g/mol. The van der Waals surface area contributed by atoms with Gasteiger partial charge in [0.1, 0.15) is 11.6 Å². The van der Waals surface area contributed by atoms with E-state index in [4.69, 9.17) is 4.74 Å². The monoisotopic (exact) mass is 200 g/mol. The van der Waals surface area contributed by atoms with Crippen LogP contribution >= 0.6 is 0 Å². The molecule has 2 heterocycles. The molecule has 0 bridgehead atoms. The van der Waals surface area contributed by atoms with Crippen LogP contribution in [0.1, 0.15) is 11.6 Å². The zero-order chi connectivity index (χ0) is 9.97. The van der Waals surface area contributed by atoms with Gasteiger partial charge >= 0.3 is 0 Å². The second-order valence-corrected chi connectivity index (χ2v) is 3.10. The van der Waals surface area contributed by atoms with E-state index in [1.165, 1.54) is 0 Å². The normalized spacial score (nSPS) is 22.3. The molecule has 1 fully saturated rings. The van der Waals surface area contributed by atoms with Crippen LogP contribution in [0.4, 0.5) is 8.78 Å². The lowest BCUT2D eigenvalue weighted by Gasteiger charge is -2.24. The van der Waals surface area contributed by atoms with E-state index in [9.17, 15) is 8.78 Å². The van der Waals surface area contributed by atoms with Crippen LogP contribution in [0.3, 0.4) is 0 Å². The molecular weight excluding hydrogens is 190 g/mol. The Labute approximate surface area is 80.1 Å². The van der Waals surface area contributed by atoms with E-state index in [-0.39, 0.29) is 12.2 Å². The summed E-state index contributed by atoms with van der Waals surface area (Å²) in [6.07, 6.45) is 2.02. The van der Waals surface area contributed by atoms with Gasteiger partial charge in [0.05, 0.1) is 31.6 Å². The van der Waals surface area contributed by atoms with Gasteiger partial charge in [-0.05, 0) is 0 Å². The van der Waals surface area contributed by atoms with E-state index in [1.54, 1.807) is 0 Å². The van der Waals surface area contributed by atoms with Crippen LogP contribution in [0.2, 0.25) is 0 Å². The summed E-state index contributed by atoms with van der Waals surface area (Å²) in [5.74, 6) is -1.26. The maximum Gasteiger partial charge on any atom is 0.149 e. The SMILES string of the molecule is Fc1cncc(F)c1C1COCCN1. The number of nitrogens with one attached hydrogen (secondary N) is 1. The minimum Gasteiger partial charge on any atom is -0.378 e. The maximum absolute atomic E-state index is 13.2. The molecule has 1 aromatic heterocycles. The van der Waals surface area contributed by atoms with Gasteiger partial charge in [0.25, 0.3) is 0 Å². The topological polar surface area (TPSA) is 34.1 Å². The molecule has 1 N–H and O–H groups in total. The number of hydrogen-bond donors (Lipinski definition) is 1. The summed E-state index contributed by atoms with van der Waals surface area (Å²) in [6, 6.07) is -0.410. The van der Waals surface area contributed by atoms with Crippen molar-refractivity contribution < 1.29 is 13.5 Å². The first-order valence-corrected chi connectivity index (χ1v) is 4.39. The lowest BCUT2D eigenvalue weighted by atomic mass is 10.1. The summed E-state index contributed by atoms with van der Waals surface area (Å²) in [6.45, 7) is 1.47. The Morgan fingerprint density at radius 1 is 1.36 bits per heavy atom. The van der Waals surface area contributed by atoms with Gasteiger partial charge in [-0.15, -0.1) is 0 Å². The van der Waals surface area contributed by atoms with Crippen molar-refractivity contribution in [2.45, 2.75) is 6.04 Å². The van der Waals surface area contributed by atoms with Crippen LogP contribution in [0, 0.1) is 11.6 Å². The second-order valence-electron chi connectivity index (χ2n) is 3.10. The zero-order valence-electron chi connectivity index (χ0n) is 7.46. The van der Waals surface area contributed by atoms with E-state index in [1.807, 2.05) is 0 Å². The van der Waals surface area contributed by atoms with Crippen molar-refractivity contribution >= 4 is 0 Å². The van der Waals surface area contributed by atoms with Crippen molar-refractivity contribution in [3.8, 4) is 0 Å². The Balaban J connectivity index is 2.29. The first-order chi connectivity index (χ1) is 6.79. The Morgan fingerprint density at radius 2 is 2.07 bits per heavy atom. The third-order valence-corrected chi connectivity index (χ3v) is 2.16. The molecule has 0 spiro atoms. The molecule has 1 aromatic rings. The summed E-state index contributed by atoms with van der Waals surface area (Å²) >= 11 is 0. The molecule has 1 aliphatic heterocycles. The highest BCUT2D eigenvalue weighted by molar-refractivity contribution is 5.20. The molecule has 2 rings (SSSR count). The van der Waals surface area contributed by atoms with E-state index >= 15 is 0 Å². The van der Waals surface area contributed by atoms with Crippen molar-refractivity contribution in [2.24, 2.45) is 0 Å². The number of halogens is 2. The van der Waals surface area contributed by atoms with Crippen molar-refractivity contribution in [1.82, 2.24) is 10.3 Å². The fraction of sp³-hybridized carbons (Fsp3) is 0.444. The van der Waals surface area contributed by atoms with Gasteiger partial charge in [0.15, 0.2) is 0 Å². The highest BCUT2D eigenvalue weighted by Gasteiger charge is 2.22. The quantitative estimate of drug-likeness (QED) is 0.735. The number of rotatable bonds is 1. The first kappa shape index (κ1) is 9.48. The molecule has 14 heavy (non-hydrogen) atoms. The number of morpholine rings is 1. The molecule has 3 nitrogen and oxygen atoms in total. The number of nitrogens with zero attached hydrogens (tertiary/aromatic N) is 1. The van der Waals surface area contributed by atoms with Gasteiger partial charge in [-0.1, -0.05) is 0 Å². The van der Waals surface area contributed by atoms with Crippen LogP contribution < -0.4 is 5.32 Å². The highest BCUT2D eigenvalue weighted by Crippen LogP contribution is 2.21. The summed E-state index contributed by atoms with van der Waals surface area (Å²) in [5.41, 5.74) is 0.0136. The predicted molar refractivity (Wildman–Crippen MR) is 45.7 cm³/mol. The fourth-order valence-electron chi connectivity index (χ4n) is 1.51. The van der Waals surface area contributed by atoms with Crippen molar-refractivity contribution in [3.05, 3.63) is 29.6 Å². The number of aromatic nitrogens is 1. The summed E-state index contributed by atoms with van der Waals surface area (Å²) in [5, 5.41) is 2.98. The number of ether oxygens (including phenoxy) is 1. The fourth-order valence-corrected chi connectivity index (χ4v) is 1.51. The van der Waals surface area contributed by atoms with Crippen molar-refractivity contribution in [2.75, 3.05) is 19.8 Å². The molecule has 1 saturated heterocycles. The molecule has 1 unspecified atom stereocenters. The largest absolute Gasteiger partial charge is 0.378 e. The zero-order valence-corrected chi connectivity index (χ0v) is 7.46. The Kier molecular flexibility index (Phi) is 2.69. The second kappa shape index (κ2) is 3.98. The van der Waals surface area contributed by atoms with Crippen molar-refractivity contribution in [3.63, 3.8) is 0 Å². The van der Waals surface area contributed by atoms with Gasteiger partial charge in [0, 0.05) is 12.1 Å². The average Bonchev–Trinajstić information content (AvgIpc) is 2.19. The third kappa shape index (κ3) is 1.73. The first-order valence-electron chi connectivity index (χ1n) is 4.39. The molecule has 1 atom stereocenters. The van der Waals surface area contributed by atoms with Gasteiger partial charge in [0.2, 0.25) is 0 Å². The molecular formula is C9H10F2N2O. The smallest absolute Gasteiger partial charge is 0.149 e. The van der Waals surface area contributed by atoms with Crippen LogP contribution in [-0.2, 0) is 4.74 Å². The summed E-state index contributed by atoms with van der Waals surface area (Å²) < 4.78 is 31.6. The van der Waals surface area contributed by atoms with Gasteiger partial charge in [-0.2, -0.15) is 0 Å². The van der Waals surface area contributed by atoms with E-state index in [0.717, 1.165) is 12.4 Å². The lowest BCUT2D eigenvalue weighted by molar-refractivity contribution is 0.0744. The molecule has 76 valence electrons. The molecule has 1 aliphatic rings. The Morgan fingerprint density at radius 3 is 2.64 bits per heavy atom. The third-order valence-electron chi connectivity index (χ3n) is 2.16. The van der Waals surface area contributed by atoms with Crippen LogP contribution in [0.5, 0.6) is 0 Å². The molecule has 0 aliphatic carbocycles. The molecule has 5 heteroatoms. The highest BCUT2D eigenvalue weighted by atomic mass is 19.1. The number of pyridine rings is 1. The standard InChI is InChI=1S/C9H10F2N2O/c10-6-3-12-4-7(11)9(6)8-5-14-2-1-13-8/h3-4,8,13H,1-2,5H2. The molecule has 0 aromatic carbocycles. The Hall–Kier alpha value is -1.07. The minimum absolute atomic E-state index is 0.0136. The predicted octanol–water partition coefficient (Wildman–Crippen LogP) is 1.02. The van der Waals surface area contributed by atoms with Gasteiger partial charge < -0.3 is 10.1 Å². The molecule has 0 radical (unpaired) electrons. The summed E-state index contributed by atoms with van der Waals surface area (Å²) in [4.78, 5) is 3.42. The van der Waals surface area contributed by atoms with E-state index in [0.29, 0.717) is 13.2 Å².